The third-order valence-electron chi connectivity index (χ3n) is 3.84. The van der Waals surface area contributed by atoms with Crippen LogP contribution in [0.25, 0.3) is 11.0 Å². The zero-order valence-corrected chi connectivity index (χ0v) is 12.0. The van der Waals surface area contributed by atoms with E-state index in [0.29, 0.717) is 17.0 Å². The number of fused-ring (bicyclic) bond motifs is 1. The van der Waals surface area contributed by atoms with Crippen molar-refractivity contribution in [3.8, 4) is 0 Å². The number of benzene rings is 1. The molecule has 2 heterocycles. The van der Waals surface area contributed by atoms with Crippen LogP contribution in [-0.4, -0.2) is 39.9 Å². The largest absolute Gasteiger partial charge is 0.344 e. The Kier molecular flexibility index (Phi) is 3.77. The Morgan fingerprint density at radius 2 is 2.14 bits per heavy atom. The molecule has 1 aromatic heterocycles. The van der Waals surface area contributed by atoms with E-state index in [9.17, 15) is 9.18 Å². The maximum Gasteiger partial charge on any atom is 0.244 e. The predicted octanol–water partition coefficient (Wildman–Crippen LogP) is 2.51. The summed E-state index contributed by atoms with van der Waals surface area (Å²) in [6.07, 6.45) is 3.34. The highest BCUT2D eigenvalue weighted by Gasteiger charge is 2.22. The molecule has 2 aromatic rings. The maximum absolute atomic E-state index is 13.2. The number of H-pyrrole nitrogens is 1. The van der Waals surface area contributed by atoms with Gasteiger partial charge in [0, 0.05) is 13.1 Å². The van der Waals surface area contributed by atoms with Crippen molar-refractivity contribution in [3.05, 3.63) is 24.0 Å². The molecule has 1 aromatic carbocycles. The van der Waals surface area contributed by atoms with E-state index in [-0.39, 0.29) is 17.8 Å². The van der Waals surface area contributed by atoms with Crippen LogP contribution in [0.4, 0.5) is 10.3 Å². The van der Waals surface area contributed by atoms with E-state index in [0.717, 1.165) is 25.9 Å². The Hall–Kier alpha value is -2.11. The SMILES string of the molecule is CC(Nc1nc2ccc(F)cc2[nH]1)C(=O)N1CCCCC1. The number of rotatable bonds is 3. The number of nitrogens with zero attached hydrogens (tertiary/aromatic N) is 2. The van der Waals surface area contributed by atoms with Gasteiger partial charge in [-0.2, -0.15) is 0 Å². The summed E-state index contributed by atoms with van der Waals surface area (Å²) in [5.41, 5.74) is 1.30. The zero-order chi connectivity index (χ0) is 14.8. The van der Waals surface area contributed by atoms with Crippen LogP contribution in [0.2, 0.25) is 0 Å². The second kappa shape index (κ2) is 5.71. The van der Waals surface area contributed by atoms with Crippen LogP contribution in [0.3, 0.4) is 0 Å². The molecule has 1 unspecified atom stereocenters. The second-order valence-electron chi connectivity index (χ2n) is 5.50. The number of amides is 1. The Morgan fingerprint density at radius 1 is 1.38 bits per heavy atom. The van der Waals surface area contributed by atoms with Crippen LogP contribution < -0.4 is 5.32 Å². The smallest absolute Gasteiger partial charge is 0.244 e. The van der Waals surface area contributed by atoms with Gasteiger partial charge in [0.15, 0.2) is 0 Å². The molecule has 1 aliphatic heterocycles. The van der Waals surface area contributed by atoms with Crippen molar-refractivity contribution in [2.24, 2.45) is 0 Å². The predicted molar refractivity (Wildman–Crippen MR) is 79.6 cm³/mol. The highest BCUT2D eigenvalue weighted by atomic mass is 19.1. The first-order valence-corrected chi connectivity index (χ1v) is 7.34. The molecule has 0 radical (unpaired) electrons. The molecule has 6 heteroatoms. The van der Waals surface area contributed by atoms with Crippen LogP contribution in [0.1, 0.15) is 26.2 Å². The Bertz CT molecular complexity index is 648. The third kappa shape index (κ3) is 2.99. The highest BCUT2D eigenvalue weighted by Crippen LogP contribution is 2.17. The monoisotopic (exact) mass is 290 g/mol. The van der Waals surface area contributed by atoms with E-state index in [1.807, 2.05) is 11.8 Å². The molecule has 0 aliphatic carbocycles. The van der Waals surface area contributed by atoms with Crippen LogP contribution in [-0.2, 0) is 4.79 Å². The molecule has 5 nitrogen and oxygen atoms in total. The number of hydrogen-bond donors (Lipinski definition) is 2. The van der Waals surface area contributed by atoms with E-state index in [1.54, 1.807) is 6.07 Å². The molecule has 0 bridgehead atoms. The molecular weight excluding hydrogens is 271 g/mol. The topological polar surface area (TPSA) is 61.0 Å². The first-order valence-electron chi connectivity index (χ1n) is 7.34. The minimum absolute atomic E-state index is 0.0846. The van der Waals surface area contributed by atoms with Gasteiger partial charge in [0.05, 0.1) is 11.0 Å². The minimum Gasteiger partial charge on any atom is -0.344 e. The summed E-state index contributed by atoms with van der Waals surface area (Å²) in [5.74, 6) is 0.268. The van der Waals surface area contributed by atoms with Gasteiger partial charge >= 0.3 is 0 Å². The lowest BCUT2D eigenvalue weighted by Crippen LogP contribution is -2.44. The number of halogens is 1. The van der Waals surface area contributed by atoms with Gasteiger partial charge in [-0.05, 0) is 44.4 Å². The fraction of sp³-hybridized carbons (Fsp3) is 0.467. The lowest BCUT2D eigenvalue weighted by atomic mass is 10.1. The van der Waals surface area contributed by atoms with Crippen LogP contribution >= 0.6 is 0 Å². The van der Waals surface area contributed by atoms with Gasteiger partial charge < -0.3 is 15.2 Å². The highest BCUT2D eigenvalue weighted by molar-refractivity contribution is 5.85. The second-order valence-corrected chi connectivity index (χ2v) is 5.50. The lowest BCUT2D eigenvalue weighted by molar-refractivity contribution is -0.132. The number of aromatic amines is 1. The molecular formula is C15H19FN4O. The molecule has 21 heavy (non-hydrogen) atoms. The quantitative estimate of drug-likeness (QED) is 0.913. The average Bonchev–Trinajstić information content (AvgIpc) is 2.88. The van der Waals surface area contributed by atoms with Crippen LogP contribution in [0, 0.1) is 5.82 Å². The number of piperidine rings is 1. The first kappa shape index (κ1) is 13.9. The summed E-state index contributed by atoms with van der Waals surface area (Å²) in [7, 11) is 0. The molecule has 1 aliphatic rings. The maximum atomic E-state index is 13.2. The standard InChI is InChI=1S/C15H19FN4O/c1-10(14(21)20-7-3-2-4-8-20)17-15-18-12-6-5-11(16)9-13(12)19-15/h5-6,9-10H,2-4,7-8H2,1H3,(H2,17,18,19). The third-order valence-corrected chi connectivity index (χ3v) is 3.84. The van der Waals surface area contributed by atoms with E-state index in [2.05, 4.69) is 15.3 Å². The van der Waals surface area contributed by atoms with E-state index in [4.69, 9.17) is 0 Å². The van der Waals surface area contributed by atoms with Crippen LogP contribution in [0.15, 0.2) is 18.2 Å². The number of carbonyl (C=O) groups excluding carboxylic acids is 1. The molecule has 1 amide bonds. The number of imidazole rings is 1. The Balaban J connectivity index is 1.70. The molecule has 2 N–H and O–H groups in total. The van der Waals surface area contributed by atoms with Crippen molar-refractivity contribution in [2.75, 3.05) is 18.4 Å². The van der Waals surface area contributed by atoms with Gasteiger partial charge in [-0.25, -0.2) is 9.37 Å². The summed E-state index contributed by atoms with van der Waals surface area (Å²) >= 11 is 0. The zero-order valence-electron chi connectivity index (χ0n) is 12.0. The summed E-state index contributed by atoms with van der Waals surface area (Å²) in [4.78, 5) is 21.5. The minimum atomic E-state index is -0.353. The van der Waals surface area contributed by atoms with Gasteiger partial charge in [-0.3, -0.25) is 4.79 Å². The average molecular weight is 290 g/mol. The molecule has 0 spiro atoms. The van der Waals surface area contributed by atoms with Gasteiger partial charge in [-0.1, -0.05) is 0 Å². The summed E-state index contributed by atoms with van der Waals surface area (Å²) in [5, 5.41) is 3.07. The summed E-state index contributed by atoms with van der Waals surface area (Å²) in [6.45, 7) is 3.48. The summed E-state index contributed by atoms with van der Waals surface area (Å²) in [6, 6.07) is 4.03. The van der Waals surface area contributed by atoms with Crippen molar-refractivity contribution in [3.63, 3.8) is 0 Å². The molecule has 112 valence electrons. The number of nitrogens with one attached hydrogen (secondary N) is 2. The molecule has 1 atom stereocenters. The van der Waals surface area contributed by atoms with E-state index < -0.39 is 0 Å². The fourth-order valence-corrected chi connectivity index (χ4v) is 2.71. The van der Waals surface area contributed by atoms with Gasteiger partial charge in [0.1, 0.15) is 11.9 Å². The van der Waals surface area contributed by atoms with E-state index >= 15 is 0 Å². The number of anilines is 1. The van der Waals surface area contributed by atoms with Crippen molar-refractivity contribution in [1.29, 1.82) is 0 Å². The summed E-state index contributed by atoms with van der Waals surface area (Å²) < 4.78 is 13.2. The van der Waals surface area contributed by atoms with Crippen molar-refractivity contribution in [1.82, 2.24) is 14.9 Å². The van der Waals surface area contributed by atoms with Gasteiger partial charge in [0.2, 0.25) is 11.9 Å². The molecule has 0 saturated carbocycles. The molecule has 3 rings (SSSR count). The van der Waals surface area contributed by atoms with Crippen LogP contribution in [0.5, 0.6) is 0 Å². The Labute approximate surface area is 122 Å². The van der Waals surface area contributed by atoms with Crippen molar-refractivity contribution >= 4 is 22.9 Å². The van der Waals surface area contributed by atoms with Crippen molar-refractivity contribution in [2.45, 2.75) is 32.2 Å². The molecule has 1 fully saturated rings. The number of hydrogen-bond acceptors (Lipinski definition) is 3. The van der Waals surface area contributed by atoms with Gasteiger partial charge in [-0.15, -0.1) is 0 Å². The molecule has 1 saturated heterocycles. The normalized spacial score (nSPS) is 17.0. The number of likely N-dealkylation sites (tertiary alicyclic amines) is 1. The van der Waals surface area contributed by atoms with Crippen molar-refractivity contribution < 1.29 is 9.18 Å². The first-order chi connectivity index (χ1) is 10.1. The number of aromatic nitrogens is 2. The fourth-order valence-electron chi connectivity index (χ4n) is 2.71. The Morgan fingerprint density at radius 3 is 2.90 bits per heavy atom. The van der Waals surface area contributed by atoms with Gasteiger partial charge in [0.25, 0.3) is 0 Å². The van der Waals surface area contributed by atoms with E-state index in [1.165, 1.54) is 18.6 Å². The number of carbonyl (C=O) groups is 1. The lowest BCUT2D eigenvalue weighted by Gasteiger charge is -2.29.